The Morgan fingerprint density at radius 3 is 2.52 bits per heavy atom. The van der Waals surface area contributed by atoms with Gasteiger partial charge in [-0.1, -0.05) is 24.3 Å². The summed E-state index contributed by atoms with van der Waals surface area (Å²) in [6.45, 7) is 6.49. The second-order valence-corrected chi connectivity index (χ2v) is 7.05. The fourth-order valence-electron chi connectivity index (χ4n) is 3.07. The molecule has 2 amide bonds. The first-order chi connectivity index (χ1) is 12.7. The van der Waals surface area contributed by atoms with Crippen molar-refractivity contribution in [3.05, 3.63) is 54.1 Å². The zero-order valence-corrected chi connectivity index (χ0v) is 15.8. The number of carbonyl (C=O) groups excluding carboxylic acids is 3. The Bertz CT molecular complexity index is 920. The van der Waals surface area contributed by atoms with Crippen LogP contribution < -0.4 is 15.0 Å². The maximum absolute atomic E-state index is 13.2. The second kappa shape index (κ2) is 6.87. The van der Waals surface area contributed by atoms with Crippen molar-refractivity contribution in [1.82, 2.24) is 0 Å². The number of rotatable bonds is 4. The van der Waals surface area contributed by atoms with Gasteiger partial charge in [-0.25, -0.2) is 0 Å². The molecule has 0 aromatic heterocycles. The predicted octanol–water partition coefficient (Wildman–Crippen LogP) is 3.42. The van der Waals surface area contributed by atoms with Crippen molar-refractivity contribution in [3.63, 3.8) is 0 Å². The summed E-state index contributed by atoms with van der Waals surface area (Å²) in [5.41, 5.74) is 0.653. The van der Waals surface area contributed by atoms with Crippen molar-refractivity contribution in [1.29, 1.82) is 0 Å². The SMILES string of the molecule is CC(=O)c1cccc(O[C@@H](C)C(=O)N2c3ccccc3NC(=O)C2(C)C)c1. The summed E-state index contributed by atoms with van der Waals surface area (Å²) >= 11 is 0. The number of benzene rings is 2. The third kappa shape index (κ3) is 3.43. The van der Waals surface area contributed by atoms with Crippen LogP contribution >= 0.6 is 0 Å². The van der Waals surface area contributed by atoms with E-state index in [1.807, 2.05) is 6.07 Å². The Morgan fingerprint density at radius 2 is 1.81 bits per heavy atom. The molecule has 0 saturated heterocycles. The highest BCUT2D eigenvalue weighted by Gasteiger charge is 2.45. The first kappa shape index (κ1) is 18.6. The summed E-state index contributed by atoms with van der Waals surface area (Å²) in [5.74, 6) is -0.255. The zero-order chi connectivity index (χ0) is 19.8. The first-order valence-corrected chi connectivity index (χ1v) is 8.74. The molecular weight excluding hydrogens is 344 g/mol. The molecule has 3 rings (SSSR count). The maximum Gasteiger partial charge on any atom is 0.268 e. The molecule has 1 N–H and O–H groups in total. The van der Waals surface area contributed by atoms with Crippen LogP contribution in [-0.2, 0) is 9.59 Å². The molecule has 1 aliphatic heterocycles. The average Bonchev–Trinajstić information content (AvgIpc) is 2.62. The summed E-state index contributed by atoms with van der Waals surface area (Å²) in [4.78, 5) is 38.7. The highest BCUT2D eigenvalue weighted by molar-refractivity contribution is 6.15. The smallest absolute Gasteiger partial charge is 0.268 e. The summed E-state index contributed by atoms with van der Waals surface area (Å²) in [7, 11) is 0. The third-order valence-corrected chi connectivity index (χ3v) is 4.63. The van der Waals surface area contributed by atoms with Gasteiger partial charge in [0.05, 0.1) is 11.4 Å². The van der Waals surface area contributed by atoms with Gasteiger partial charge in [-0.3, -0.25) is 19.3 Å². The molecule has 0 aliphatic carbocycles. The number of hydrogen-bond acceptors (Lipinski definition) is 4. The minimum absolute atomic E-state index is 0.0813. The van der Waals surface area contributed by atoms with Crippen LogP contribution in [0.2, 0.25) is 0 Å². The molecule has 1 atom stereocenters. The van der Waals surface area contributed by atoms with Crippen LogP contribution in [0.25, 0.3) is 0 Å². The largest absolute Gasteiger partial charge is 0.481 e. The minimum Gasteiger partial charge on any atom is -0.481 e. The Kier molecular flexibility index (Phi) is 4.74. The number of Topliss-reactive ketones (excluding diaryl/α,β-unsaturated/α-hetero) is 1. The number of fused-ring (bicyclic) bond motifs is 1. The van der Waals surface area contributed by atoms with Crippen LogP contribution in [0.1, 0.15) is 38.1 Å². The van der Waals surface area contributed by atoms with Crippen molar-refractivity contribution in [2.75, 3.05) is 10.2 Å². The molecule has 0 spiro atoms. The number of ether oxygens (including phenoxy) is 1. The van der Waals surface area contributed by atoms with E-state index < -0.39 is 11.6 Å². The number of ketones is 1. The van der Waals surface area contributed by atoms with Gasteiger partial charge in [0.1, 0.15) is 11.3 Å². The number of para-hydroxylation sites is 2. The van der Waals surface area contributed by atoms with Crippen LogP contribution in [0.4, 0.5) is 11.4 Å². The molecule has 27 heavy (non-hydrogen) atoms. The Labute approximate surface area is 158 Å². The predicted molar refractivity (Wildman–Crippen MR) is 103 cm³/mol. The van der Waals surface area contributed by atoms with E-state index in [0.29, 0.717) is 22.7 Å². The van der Waals surface area contributed by atoms with Crippen LogP contribution in [-0.4, -0.2) is 29.2 Å². The van der Waals surface area contributed by atoms with E-state index in [1.165, 1.54) is 11.8 Å². The summed E-state index contributed by atoms with van der Waals surface area (Å²) in [6.07, 6.45) is -0.842. The molecule has 0 saturated carbocycles. The maximum atomic E-state index is 13.2. The van der Waals surface area contributed by atoms with Gasteiger partial charge < -0.3 is 10.1 Å². The standard InChI is InChI=1S/C21H22N2O4/c1-13(24)15-8-7-9-16(12-15)27-14(2)19(25)23-18-11-6-5-10-17(18)22-20(26)21(23,3)4/h5-12,14H,1-4H3,(H,22,26)/t14-/m0/s1. The highest BCUT2D eigenvalue weighted by atomic mass is 16.5. The Hall–Kier alpha value is -3.15. The monoisotopic (exact) mass is 366 g/mol. The Balaban J connectivity index is 1.91. The van der Waals surface area contributed by atoms with E-state index in [9.17, 15) is 14.4 Å². The van der Waals surface area contributed by atoms with E-state index in [2.05, 4.69) is 5.32 Å². The lowest BCUT2D eigenvalue weighted by Crippen LogP contribution is -2.60. The van der Waals surface area contributed by atoms with Gasteiger partial charge in [-0.2, -0.15) is 0 Å². The fraction of sp³-hybridized carbons (Fsp3) is 0.286. The van der Waals surface area contributed by atoms with Gasteiger partial charge in [0, 0.05) is 5.56 Å². The van der Waals surface area contributed by atoms with Crippen LogP contribution in [0.15, 0.2) is 48.5 Å². The van der Waals surface area contributed by atoms with Gasteiger partial charge in [0.15, 0.2) is 11.9 Å². The summed E-state index contributed by atoms with van der Waals surface area (Å²) < 4.78 is 5.79. The van der Waals surface area contributed by atoms with Gasteiger partial charge in [0.25, 0.3) is 5.91 Å². The molecule has 1 heterocycles. The first-order valence-electron chi connectivity index (χ1n) is 8.74. The van der Waals surface area contributed by atoms with Gasteiger partial charge in [-0.05, 0) is 52.0 Å². The lowest BCUT2D eigenvalue weighted by Gasteiger charge is -2.42. The van der Waals surface area contributed by atoms with Crippen LogP contribution in [0, 0.1) is 0 Å². The van der Waals surface area contributed by atoms with Crippen molar-refractivity contribution >= 4 is 29.0 Å². The topological polar surface area (TPSA) is 75.7 Å². The lowest BCUT2D eigenvalue weighted by atomic mass is 9.95. The number of anilines is 2. The molecule has 6 heteroatoms. The number of hydrogen-bond donors (Lipinski definition) is 1. The molecule has 140 valence electrons. The van der Waals surface area contributed by atoms with Gasteiger partial charge in [-0.15, -0.1) is 0 Å². The van der Waals surface area contributed by atoms with Gasteiger partial charge in [0.2, 0.25) is 5.91 Å². The van der Waals surface area contributed by atoms with Crippen molar-refractivity contribution in [2.24, 2.45) is 0 Å². The van der Waals surface area contributed by atoms with E-state index in [1.54, 1.807) is 63.2 Å². The molecular formula is C21H22N2O4. The molecule has 0 radical (unpaired) electrons. The average molecular weight is 366 g/mol. The van der Waals surface area contributed by atoms with E-state index in [0.717, 1.165) is 0 Å². The minimum atomic E-state index is -1.07. The van der Waals surface area contributed by atoms with Gasteiger partial charge >= 0.3 is 0 Å². The third-order valence-electron chi connectivity index (χ3n) is 4.63. The van der Waals surface area contributed by atoms with E-state index in [-0.39, 0.29) is 17.6 Å². The zero-order valence-electron chi connectivity index (χ0n) is 15.8. The van der Waals surface area contributed by atoms with E-state index in [4.69, 9.17) is 4.74 Å². The van der Waals surface area contributed by atoms with Crippen LogP contribution in [0.3, 0.4) is 0 Å². The molecule has 0 bridgehead atoms. The normalized spacial score (nSPS) is 16.1. The highest BCUT2D eigenvalue weighted by Crippen LogP contribution is 2.37. The number of carbonyl (C=O) groups is 3. The number of nitrogens with zero attached hydrogens (tertiary/aromatic N) is 1. The molecule has 2 aromatic rings. The van der Waals surface area contributed by atoms with Crippen molar-refractivity contribution < 1.29 is 19.1 Å². The molecule has 0 fully saturated rings. The summed E-state index contributed by atoms with van der Waals surface area (Å²) in [5, 5.41) is 2.83. The van der Waals surface area contributed by atoms with E-state index >= 15 is 0 Å². The quantitative estimate of drug-likeness (QED) is 0.841. The number of nitrogens with one attached hydrogen (secondary N) is 1. The fourth-order valence-corrected chi connectivity index (χ4v) is 3.07. The molecule has 2 aromatic carbocycles. The van der Waals surface area contributed by atoms with Crippen LogP contribution in [0.5, 0.6) is 5.75 Å². The molecule has 1 aliphatic rings. The van der Waals surface area contributed by atoms with Crippen molar-refractivity contribution in [3.8, 4) is 5.75 Å². The molecule has 0 unspecified atom stereocenters. The lowest BCUT2D eigenvalue weighted by molar-refractivity contribution is -0.130. The number of amides is 2. The Morgan fingerprint density at radius 1 is 1.11 bits per heavy atom. The molecule has 6 nitrogen and oxygen atoms in total. The van der Waals surface area contributed by atoms with Crippen molar-refractivity contribution in [2.45, 2.75) is 39.3 Å². The second-order valence-electron chi connectivity index (χ2n) is 7.05. The summed E-state index contributed by atoms with van der Waals surface area (Å²) in [6, 6.07) is 13.9.